The Kier molecular flexibility index (Phi) is 4.42. The average molecular weight is 250 g/mol. The summed E-state index contributed by atoms with van der Waals surface area (Å²) in [5.74, 6) is -0.212. The van der Waals surface area contributed by atoms with E-state index in [2.05, 4.69) is 15.6 Å². The number of carbonyl (C=O) groups is 1. The highest BCUT2D eigenvalue weighted by Gasteiger charge is 2.10. The Balaban J connectivity index is 2.78. The average Bonchev–Trinajstić information content (AvgIpc) is 2.24. The lowest BCUT2D eigenvalue weighted by atomic mass is 10.2. The van der Waals surface area contributed by atoms with Crippen LogP contribution in [0.5, 0.6) is 0 Å². The number of aromatic nitrogens is 1. The van der Waals surface area contributed by atoms with Crippen LogP contribution in [0.4, 0.5) is 14.6 Å². The minimum Gasteiger partial charge on any atom is -0.373 e. The summed E-state index contributed by atoms with van der Waals surface area (Å²) in [5, 5.41) is 4.90. The SMILES string of the molecule is CNc1cc(C(=O)NCC(F)F)cc(Cl)n1. The minimum absolute atomic E-state index is 0.119. The van der Waals surface area contributed by atoms with Gasteiger partial charge in [0.25, 0.3) is 12.3 Å². The molecule has 0 aliphatic rings. The standard InChI is InChI=1S/C9H10ClF2N3O/c1-13-8-3-5(2-6(10)15-8)9(16)14-4-7(11)12/h2-3,7H,4H2,1H3,(H,13,15)(H,14,16). The topological polar surface area (TPSA) is 54.0 Å². The van der Waals surface area contributed by atoms with Crippen molar-refractivity contribution in [2.75, 3.05) is 18.9 Å². The van der Waals surface area contributed by atoms with Crippen LogP contribution in [-0.4, -0.2) is 30.9 Å². The van der Waals surface area contributed by atoms with E-state index in [0.29, 0.717) is 5.82 Å². The van der Waals surface area contributed by atoms with Gasteiger partial charge >= 0.3 is 0 Å². The van der Waals surface area contributed by atoms with Crippen LogP contribution < -0.4 is 10.6 Å². The van der Waals surface area contributed by atoms with Crippen LogP contribution in [0.1, 0.15) is 10.4 Å². The maximum absolute atomic E-state index is 11.9. The zero-order valence-electron chi connectivity index (χ0n) is 8.43. The molecule has 1 aromatic rings. The van der Waals surface area contributed by atoms with Gasteiger partial charge in [0.15, 0.2) is 0 Å². The smallest absolute Gasteiger partial charge is 0.255 e. The minimum atomic E-state index is -2.58. The molecule has 0 aliphatic carbocycles. The highest BCUT2D eigenvalue weighted by Crippen LogP contribution is 2.13. The van der Waals surface area contributed by atoms with E-state index >= 15 is 0 Å². The van der Waals surface area contributed by atoms with E-state index in [1.807, 2.05) is 0 Å². The maximum atomic E-state index is 11.9. The quantitative estimate of drug-likeness (QED) is 0.800. The predicted octanol–water partition coefficient (Wildman–Crippen LogP) is 1.77. The van der Waals surface area contributed by atoms with Crippen LogP contribution in [0.2, 0.25) is 5.15 Å². The fourth-order valence-electron chi connectivity index (χ4n) is 1.03. The molecule has 1 aromatic heterocycles. The van der Waals surface area contributed by atoms with E-state index in [1.54, 1.807) is 7.05 Å². The summed E-state index contributed by atoms with van der Waals surface area (Å²) >= 11 is 5.66. The van der Waals surface area contributed by atoms with Crippen molar-refractivity contribution in [3.63, 3.8) is 0 Å². The molecule has 0 saturated heterocycles. The number of hydrogen-bond acceptors (Lipinski definition) is 3. The molecule has 1 amide bonds. The van der Waals surface area contributed by atoms with Gasteiger partial charge in [-0.05, 0) is 12.1 Å². The molecule has 0 aromatic carbocycles. The van der Waals surface area contributed by atoms with Gasteiger partial charge in [-0.3, -0.25) is 4.79 Å². The van der Waals surface area contributed by atoms with Gasteiger partial charge in [0.05, 0.1) is 6.54 Å². The Morgan fingerprint density at radius 2 is 2.25 bits per heavy atom. The number of anilines is 1. The number of hydrogen-bond donors (Lipinski definition) is 2. The molecule has 0 bridgehead atoms. The highest BCUT2D eigenvalue weighted by atomic mass is 35.5. The van der Waals surface area contributed by atoms with Crippen molar-refractivity contribution in [2.45, 2.75) is 6.43 Å². The molecular weight excluding hydrogens is 240 g/mol. The Hall–Kier alpha value is -1.43. The van der Waals surface area contributed by atoms with Crippen molar-refractivity contribution < 1.29 is 13.6 Å². The van der Waals surface area contributed by atoms with Gasteiger partial charge in [0.2, 0.25) is 0 Å². The normalized spacial score (nSPS) is 10.3. The van der Waals surface area contributed by atoms with Crippen LogP contribution in [-0.2, 0) is 0 Å². The third kappa shape index (κ3) is 3.62. The number of pyridine rings is 1. The van der Waals surface area contributed by atoms with Crippen molar-refractivity contribution >= 4 is 23.3 Å². The van der Waals surface area contributed by atoms with Gasteiger partial charge in [0.1, 0.15) is 11.0 Å². The van der Waals surface area contributed by atoms with Gasteiger partial charge in [-0.1, -0.05) is 11.6 Å². The summed E-state index contributed by atoms with van der Waals surface area (Å²) in [6.45, 7) is -0.687. The lowest BCUT2D eigenvalue weighted by Gasteiger charge is -2.06. The first-order valence-electron chi connectivity index (χ1n) is 4.44. The monoisotopic (exact) mass is 249 g/mol. The summed E-state index contributed by atoms with van der Waals surface area (Å²) < 4.78 is 23.7. The number of alkyl halides is 2. The Morgan fingerprint density at radius 3 is 2.81 bits per heavy atom. The Morgan fingerprint density at radius 1 is 1.56 bits per heavy atom. The molecule has 0 unspecified atom stereocenters. The number of halogens is 3. The first-order valence-corrected chi connectivity index (χ1v) is 4.82. The molecule has 1 heterocycles. The van der Waals surface area contributed by atoms with Crippen molar-refractivity contribution in [3.05, 3.63) is 22.8 Å². The molecule has 0 fully saturated rings. The molecule has 2 N–H and O–H groups in total. The van der Waals surface area contributed by atoms with E-state index in [-0.39, 0.29) is 10.7 Å². The molecule has 1 rings (SSSR count). The van der Waals surface area contributed by atoms with Crippen LogP contribution >= 0.6 is 11.6 Å². The fraction of sp³-hybridized carbons (Fsp3) is 0.333. The van der Waals surface area contributed by atoms with Crippen molar-refractivity contribution in [1.82, 2.24) is 10.3 Å². The fourth-order valence-corrected chi connectivity index (χ4v) is 1.24. The van der Waals surface area contributed by atoms with Crippen LogP contribution in [0.15, 0.2) is 12.1 Å². The summed E-state index contributed by atoms with van der Waals surface area (Å²) in [6.07, 6.45) is -2.58. The van der Waals surface area contributed by atoms with Gasteiger partial charge < -0.3 is 10.6 Å². The zero-order valence-corrected chi connectivity index (χ0v) is 9.18. The summed E-state index contributed by atoms with van der Waals surface area (Å²) in [5.41, 5.74) is 0.185. The van der Waals surface area contributed by atoms with E-state index in [9.17, 15) is 13.6 Å². The second-order valence-electron chi connectivity index (χ2n) is 2.91. The molecule has 88 valence electrons. The highest BCUT2D eigenvalue weighted by molar-refractivity contribution is 6.29. The van der Waals surface area contributed by atoms with Gasteiger partial charge in [-0.2, -0.15) is 0 Å². The lowest BCUT2D eigenvalue weighted by molar-refractivity contribution is 0.0891. The third-order valence-corrected chi connectivity index (χ3v) is 1.92. The predicted molar refractivity (Wildman–Crippen MR) is 57.1 cm³/mol. The van der Waals surface area contributed by atoms with E-state index in [4.69, 9.17) is 11.6 Å². The van der Waals surface area contributed by atoms with Crippen LogP contribution in [0.25, 0.3) is 0 Å². The largest absolute Gasteiger partial charge is 0.373 e. The van der Waals surface area contributed by atoms with Gasteiger partial charge in [0, 0.05) is 12.6 Å². The summed E-state index contributed by atoms with van der Waals surface area (Å²) in [4.78, 5) is 15.3. The lowest BCUT2D eigenvalue weighted by Crippen LogP contribution is -2.28. The van der Waals surface area contributed by atoms with Gasteiger partial charge in [-0.15, -0.1) is 0 Å². The molecule has 0 saturated carbocycles. The van der Waals surface area contributed by atoms with Crippen molar-refractivity contribution in [1.29, 1.82) is 0 Å². The van der Waals surface area contributed by atoms with Crippen molar-refractivity contribution in [3.8, 4) is 0 Å². The number of rotatable bonds is 4. The molecule has 4 nitrogen and oxygen atoms in total. The second kappa shape index (κ2) is 5.60. The summed E-state index contributed by atoms with van der Waals surface area (Å²) in [6, 6.07) is 2.73. The Labute approximate surface area is 96.0 Å². The molecule has 7 heteroatoms. The first kappa shape index (κ1) is 12.6. The van der Waals surface area contributed by atoms with E-state index in [0.717, 1.165) is 0 Å². The second-order valence-corrected chi connectivity index (χ2v) is 3.30. The summed E-state index contributed by atoms with van der Waals surface area (Å²) in [7, 11) is 1.61. The van der Waals surface area contributed by atoms with Crippen LogP contribution in [0, 0.1) is 0 Å². The number of amides is 1. The molecule has 0 atom stereocenters. The Bertz CT molecular complexity index is 387. The van der Waals surface area contributed by atoms with E-state index in [1.165, 1.54) is 12.1 Å². The molecule has 0 radical (unpaired) electrons. The molecule has 16 heavy (non-hydrogen) atoms. The zero-order chi connectivity index (χ0) is 12.1. The third-order valence-electron chi connectivity index (χ3n) is 1.73. The first-order chi connectivity index (χ1) is 7.52. The number of nitrogens with one attached hydrogen (secondary N) is 2. The molecular formula is C9H10ClF2N3O. The van der Waals surface area contributed by atoms with E-state index < -0.39 is 18.9 Å². The van der Waals surface area contributed by atoms with Crippen LogP contribution in [0.3, 0.4) is 0 Å². The number of carbonyl (C=O) groups excluding carboxylic acids is 1. The molecule has 0 spiro atoms. The molecule has 0 aliphatic heterocycles. The maximum Gasteiger partial charge on any atom is 0.255 e. The van der Waals surface area contributed by atoms with Crippen molar-refractivity contribution in [2.24, 2.45) is 0 Å². The number of nitrogens with zero attached hydrogens (tertiary/aromatic N) is 1. The van der Waals surface area contributed by atoms with Gasteiger partial charge in [-0.25, -0.2) is 13.8 Å².